The summed E-state index contributed by atoms with van der Waals surface area (Å²) in [7, 11) is 0. The number of nitrogens with one attached hydrogen (secondary N) is 2. The Kier molecular flexibility index (Phi) is 13.2. The molecular weight excluding hydrogens is 663 g/mol. The summed E-state index contributed by atoms with van der Waals surface area (Å²) in [5, 5.41) is 24.7. The number of H-pyrrole nitrogens is 1. The zero-order valence-electron chi connectivity index (χ0n) is 29.8. The number of carbonyl (C=O) groups is 1. The fraction of sp³-hybridized carbons (Fsp3) is 0.463. The lowest BCUT2D eigenvalue weighted by Crippen LogP contribution is -2.53. The fourth-order valence-electron chi connectivity index (χ4n) is 7.38. The van der Waals surface area contributed by atoms with Gasteiger partial charge in [-0.05, 0) is 105 Å². The Bertz CT molecular complexity index is 1830. The minimum absolute atomic E-state index is 0.0168. The Morgan fingerprint density at radius 2 is 1.73 bits per heavy atom. The van der Waals surface area contributed by atoms with Crippen LogP contribution in [-0.2, 0) is 11.3 Å². The van der Waals surface area contributed by atoms with Crippen LogP contribution in [0.25, 0.3) is 10.9 Å². The van der Waals surface area contributed by atoms with Crippen molar-refractivity contribution in [3.63, 3.8) is 0 Å². The van der Waals surface area contributed by atoms with Crippen LogP contribution in [0.4, 0.5) is 14.9 Å². The standard InChI is InChI=1S/C41H51FN4O6/c42-31-11-9-12-32(25-31)46(41(50)52-38-28-45-21-18-30(38)19-22-45)27-29-10-8-13-33(24-29)51-23-7-5-3-1-2-4-6-20-43-26-37(48)34-14-16-36(47)40-35(34)15-17-39(49)44-40/h8-17,24-25,30,37-38,43,47-48H,1-7,18-23,26-28H2,(H,44,49)/t37-,38+/m0/s1. The molecule has 0 spiro atoms. The summed E-state index contributed by atoms with van der Waals surface area (Å²) in [5.74, 6) is 0.707. The van der Waals surface area contributed by atoms with Crippen molar-refractivity contribution in [2.45, 2.75) is 76.5 Å². The average molecular weight is 715 g/mol. The number of aliphatic hydroxyl groups excluding tert-OH is 1. The molecule has 4 aromatic rings. The number of aromatic nitrogens is 1. The van der Waals surface area contributed by atoms with E-state index in [1.54, 1.807) is 24.3 Å². The second-order valence-electron chi connectivity index (χ2n) is 14.1. The molecule has 11 heteroatoms. The minimum Gasteiger partial charge on any atom is -0.506 e. The zero-order chi connectivity index (χ0) is 36.3. The summed E-state index contributed by atoms with van der Waals surface area (Å²) in [6, 6.07) is 20.0. The first-order chi connectivity index (χ1) is 25.3. The molecular formula is C41H51FN4O6. The molecule has 0 radical (unpaired) electrons. The molecule has 278 valence electrons. The van der Waals surface area contributed by atoms with Gasteiger partial charge < -0.3 is 30.0 Å². The number of aromatic amines is 1. The van der Waals surface area contributed by atoms with Crippen molar-refractivity contribution in [1.29, 1.82) is 0 Å². The molecule has 3 aliphatic rings. The van der Waals surface area contributed by atoms with Crippen LogP contribution in [0, 0.1) is 11.7 Å². The molecule has 10 nitrogen and oxygen atoms in total. The summed E-state index contributed by atoms with van der Waals surface area (Å²) in [6.07, 6.45) is 8.32. The highest BCUT2D eigenvalue weighted by Gasteiger charge is 2.37. The molecule has 4 N–H and O–H groups in total. The van der Waals surface area contributed by atoms with Gasteiger partial charge in [0.25, 0.3) is 0 Å². The number of unbranched alkanes of at least 4 members (excludes halogenated alkanes) is 6. The number of anilines is 1. The van der Waals surface area contributed by atoms with Crippen molar-refractivity contribution in [3.05, 3.63) is 100 Å². The maximum Gasteiger partial charge on any atom is 0.414 e. The Labute approximate surface area is 304 Å². The molecule has 0 aliphatic carbocycles. The van der Waals surface area contributed by atoms with Crippen molar-refractivity contribution in [3.8, 4) is 11.5 Å². The number of amides is 1. The molecule has 2 bridgehead atoms. The number of aliphatic hydroxyl groups is 1. The predicted molar refractivity (Wildman–Crippen MR) is 200 cm³/mol. The quantitative estimate of drug-likeness (QED) is 0.0809. The number of ether oxygens (including phenoxy) is 2. The number of hydrogen-bond donors (Lipinski definition) is 4. The molecule has 3 aromatic carbocycles. The Balaban J connectivity index is 0.863. The van der Waals surface area contributed by atoms with Gasteiger partial charge in [0.1, 0.15) is 23.4 Å². The number of aromatic hydroxyl groups is 1. The number of rotatable bonds is 18. The lowest BCUT2D eigenvalue weighted by Gasteiger charge is -2.44. The number of halogens is 1. The molecule has 3 saturated heterocycles. The van der Waals surface area contributed by atoms with Gasteiger partial charge in [0, 0.05) is 24.5 Å². The van der Waals surface area contributed by atoms with Crippen LogP contribution in [-0.4, -0.2) is 71.6 Å². The number of carbonyl (C=O) groups excluding carboxylic acids is 1. The smallest absolute Gasteiger partial charge is 0.414 e. The number of phenolic OH excluding ortho intramolecular Hbond substituents is 1. The summed E-state index contributed by atoms with van der Waals surface area (Å²) in [6.45, 7) is 4.92. The second kappa shape index (κ2) is 18.3. The highest BCUT2D eigenvalue weighted by Crippen LogP contribution is 2.31. The summed E-state index contributed by atoms with van der Waals surface area (Å²) in [5.41, 5.74) is 2.05. The van der Waals surface area contributed by atoms with Gasteiger partial charge >= 0.3 is 6.09 Å². The third-order valence-electron chi connectivity index (χ3n) is 10.3. The van der Waals surface area contributed by atoms with Crippen molar-refractivity contribution in [1.82, 2.24) is 15.2 Å². The van der Waals surface area contributed by atoms with Gasteiger partial charge in [-0.3, -0.25) is 14.6 Å². The van der Waals surface area contributed by atoms with Gasteiger partial charge in [0.05, 0.1) is 30.5 Å². The Morgan fingerprint density at radius 1 is 0.962 bits per heavy atom. The van der Waals surface area contributed by atoms with Crippen molar-refractivity contribution in [2.24, 2.45) is 5.92 Å². The van der Waals surface area contributed by atoms with E-state index in [1.807, 2.05) is 24.3 Å². The van der Waals surface area contributed by atoms with E-state index in [0.29, 0.717) is 41.2 Å². The van der Waals surface area contributed by atoms with E-state index in [1.165, 1.54) is 29.2 Å². The van der Waals surface area contributed by atoms with Crippen LogP contribution in [0.1, 0.15) is 75.0 Å². The van der Waals surface area contributed by atoms with E-state index in [0.717, 1.165) is 95.3 Å². The number of pyridine rings is 1. The first kappa shape index (κ1) is 37.3. The maximum absolute atomic E-state index is 14.2. The highest BCUT2D eigenvalue weighted by atomic mass is 19.1. The average Bonchev–Trinajstić information content (AvgIpc) is 3.15. The molecule has 7 rings (SSSR count). The number of phenols is 1. The summed E-state index contributed by atoms with van der Waals surface area (Å²) >= 11 is 0. The van der Waals surface area contributed by atoms with Gasteiger partial charge in [-0.15, -0.1) is 0 Å². The van der Waals surface area contributed by atoms with Gasteiger partial charge in [-0.1, -0.05) is 56.4 Å². The number of fused-ring (bicyclic) bond motifs is 4. The van der Waals surface area contributed by atoms with E-state index in [2.05, 4.69) is 15.2 Å². The van der Waals surface area contributed by atoms with Crippen LogP contribution in [0.3, 0.4) is 0 Å². The molecule has 4 heterocycles. The number of piperidine rings is 3. The van der Waals surface area contributed by atoms with E-state index in [-0.39, 0.29) is 24.0 Å². The van der Waals surface area contributed by atoms with Gasteiger partial charge in [-0.25, -0.2) is 9.18 Å². The van der Waals surface area contributed by atoms with E-state index < -0.39 is 18.0 Å². The molecule has 3 fully saturated rings. The molecule has 3 aliphatic heterocycles. The minimum atomic E-state index is -0.753. The van der Waals surface area contributed by atoms with Gasteiger partial charge in [0.2, 0.25) is 5.56 Å². The zero-order valence-corrected chi connectivity index (χ0v) is 29.8. The maximum atomic E-state index is 14.2. The molecule has 0 unspecified atom stereocenters. The summed E-state index contributed by atoms with van der Waals surface area (Å²) in [4.78, 5) is 31.6. The van der Waals surface area contributed by atoms with Crippen LogP contribution < -0.4 is 20.5 Å². The van der Waals surface area contributed by atoms with Crippen molar-refractivity contribution < 1.29 is 28.9 Å². The lowest BCUT2D eigenvalue weighted by molar-refractivity contribution is -0.0311. The number of nitrogens with zero attached hydrogens (tertiary/aromatic N) is 2. The SMILES string of the molecule is O=C(O[C@@H]1CN2CCC1CC2)N(Cc1cccc(OCCCCCCCCCNC[C@H](O)c2ccc(O)c3[nH]c(=O)ccc23)c1)c1cccc(F)c1. The Morgan fingerprint density at radius 3 is 2.50 bits per heavy atom. The number of benzene rings is 3. The topological polar surface area (TPSA) is 127 Å². The third kappa shape index (κ3) is 10.1. The first-order valence-electron chi connectivity index (χ1n) is 18.8. The molecule has 52 heavy (non-hydrogen) atoms. The molecule has 2 atom stereocenters. The highest BCUT2D eigenvalue weighted by molar-refractivity contribution is 5.88. The van der Waals surface area contributed by atoms with Gasteiger partial charge in [-0.2, -0.15) is 0 Å². The lowest BCUT2D eigenvalue weighted by atomic mass is 9.86. The predicted octanol–water partition coefficient (Wildman–Crippen LogP) is 7.04. The molecule has 1 aromatic heterocycles. The molecule has 1 amide bonds. The fourth-order valence-corrected chi connectivity index (χ4v) is 7.38. The van der Waals surface area contributed by atoms with Crippen LogP contribution in [0.5, 0.6) is 11.5 Å². The third-order valence-corrected chi connectivity index (χ3v) is 10.3. The van der Waals surface area contributed by atoms with E-state index >= 15 is 0 Å². The van der Waals surface area contributed by atoms with Crippen molar-refractivity contribution in [2.75, 3.05) is 44.2 Å². The Hall–Kier alpha value is -4.45. The normalized spacial score (nSPS) is 18.7. The van der Waals surface area contributed by atoms with Crippen LogP contribution in [0.15, 0.2) is 77.6 Å². The second-order valence-corrected chi connectivity index (χ2v) is 14.1. The number of hydrogen-bond acceptors (Lipinski definition) is 8. The van der Waals surface area contributed by atoms with E-state index in [4.69, 9.17) is 9.47 Å². The van der Waals surface area contributed by atoms with Crippen molar-refractivity contribution >= 4 is 22.7 Å². The summed E-state index contributed by atoms with van der Waals surface area (Å²) < 4.78 is 26.3. The van der Waals surface area contributed by atoms with E-state index in [9.17, 15) is 24.2 Å². The molecule has 0 saturated carbocycles. The largest absolute Gasteiger partial charge is 0.506 e. The van der Waals surface area contributed by atoms with Crippen LogP contribution in [0.2, 0.25) is 0 Å². The first-order valence-corrected chi connectivity index (χ1v) is 18.8. The monoisotopic (exact) mass is 714 g/mol. The van der Waals surface area contributed by atoms with Crippen LogP contribution >= 0.6 is 0 Å². The van der Waals surface area contributed by atoms with Gasteiger partial charge in [0.15, 0.2) is 0 Å².